The van der Waals surface area contributed by atoms with Gasteiger partial charge in [0.15, 0.2) is 5.79 Å². The predicted octanol–water partition coefficient (Wildman–Crippen LogP) is 6.59. The van der Waals surface area contributed by atoms with E-state index in [9.17, 15) is 5.11 Å². The first-order valence-electron chi connectivity index (χ1n) is 12.8. The molecule has 36 heavy (non-hydrogen) atoms. The Bertz CT molecular complexity index is 1330. The van der Waals surface area contributed by atoms with Crippen molar-refractivity contribution in [1.29, 1.82) is 0 Å². The second-order valence-corrected chi connectivity index (χ2v) is 11.1. The number of rotatable bonds is 4. The van der Waals surface area contributed by atoms with Gasteiger partial charge in [0, 0.05) is 5.41 Å². The van der Waals surface area contributed by atoms with Gasteiger partial charge in [-0.15, -0.1) is 0 Å². The maximum atomic E-state index is 12.3. The lowest BCUT2D eigenvalue weighted by Gasteiger charge is -2.47. The summed E-state index contributed by atoms with van der Waals surface area (Å²) in [5.74, 6) is -1.34. The van der Waals surface area contributed by atoms with E-state index >= 15 is 0 Å². The quantitative estimate of drug-likeness (QED) is 0.361. The third-order valence-electron chi connectivity index (χ3n) is 8.14. The predicted molar refractivity (Wildman–Crippen MR) is 144 cm³/mol. The second kappa shape index (κ2) is 8.41. The van der Waals surface area contributed by atoms with Crippen LogP contribution in [0.2, 0.25) is 0 Å². The first-order valence-corrected chi connectivity index (χ1v) is 12.8. The highest BCUT2D eigenvalue weighted by atomic mass is 16.6. The van der Waals surface area contributed by atoms with Crippen molar-refractivity contribution >= 4 is 0 Å². The molecule has 0 aromatic heterocycles. The summed E-state index contributed by atoms with van der Waals surface area (Å²) in [5.41, 5.74) is 6.23. The fourth-order valence-corrected chi connectivity index (χ4v) is 6.38. The van der Waals surface area contributed by atoms with Crippen LogP contribution in [-0.2, 0) is 16.7 Å². The second-order valence-electron chi connectivity index (χ2n) is 11.1. The van der Waals surface area contributed by atoms with Crippen LogP contribution in [0.1, 0.15) is 43.0 Å². The zero-order chi connectivity index (χ0) is 25.0. The van der Waals surface area contributed by atoms with Crippen molar-refractivity contribution in [3.63, 3.8) is 0 Å². The fourth-order valence-electron chi connectivity index (χ4n) is 6.38. The highest BCUT2D eigenvalue weighted by Gasteiger charge is 2.62. The van der Waals surface area contributed by atoms with E-state index in [1.807, 2.05) is 6.07 Å². The molecule has 182 valence electrons. The Labute approximate surface area is 214 Å². The minimum Gasteiger partial charge on any atom is -0.364 e. The SMILES string of the molecule is CC(C)(C)C1(O)OCN(C2(c3ccccc3)c3ccccc3-c3ccccc32)[C@H]1Cc1ccccc1. The third-order valence-corrected chi connectivity index (χ3v) is 8.14. The number of fused-ring (bicyclic) bond motifs is 3. The number of ether oxygens (including phenoxy) is 1. The van der Waals surface area contributed by atoms with Gasteiger partial charge in [0.1, 0.15) is 12.3 Å². The van der Waals surface area contributed by atoms with Gasteiger partial charge >= 0.3 is 0 Å². The molecule has 1 saturated heterocycles. The molecule has 1 unspecified atom stereocenters. The summed E-state index contributed by atoms with van der Waals surface area (Å²) in [6.07, 6.45) is 0.674. The van der Waals surface area contributed by atoms with Gasteiger partial charge in [0.05, 0.1) is 6.04 Å². The van der Waals surface area contributed by atoms with E-state index in [0.29, 0.717) is 13.2 Å². The van der Waals surface area contributed by atoms with E-state index in [2.05, 4.69) is 129 Å². The molecule has 0 bridgehead atoms. The smallest absolute Gasteiger partial charge is 0.188 e. The molecule has 1 N–H and O–H groups in total. The van der Waals surface area contributed by atoms with Gasteiger partial charge in [-0.05, 0) is 39.8 Å². The zero-order valence-electron chi connectivity index (χ0n) is 21.2. The maximum absolute atomic E-state index is 12.3. The van der Waals surface area contributed by atoms with Crippen LogP contribution in [0.25, 0.3) is 11.1 Å². The number of aliphatic hydroxyl groups is 1. The van der Waals surface area contributed by atoms with Crippen molar-refractivity contribution in [3.8, 4) is 11.1 Å². The largest absolute Gasteiger partial charge is 0.364 e. The first kappa shape index (κ1) is 23.2. The Balaban J connectivity index is 1.65. The van der Waals surface area contributed by atoms with E-state index in [0.717, 1.165) is 0 Å². The molecule has 4 aromatic rings. The zero-order valence-corrected chi connectivity index (χ0v) is 21.2. The summed E-state index contributed by atoms with van der Waals surface area (Å²) in [6.45, 7) is 6.53. The molecule has 2 aliphatic rings. The van der Waals surface area contributed by atoms with Gasteiger partial charge in [0.2, 0.25) is 0 Å². The standard InChI is InChI=1S/C33H33NO2/c1-31(2,3)33(35)30(22-24-14-6-4-7-15-24)34(23-36-33)32(25-16-8-5-9-17-25)28-20-12-10-18-26(28)27-19-11-13-21-29(27)32/h4-21,30,35H,22-23H2,1-3H3/t30-,33?/m0/s1. The fraction of sp³-hybridized carbons (Fsp3) is 0.273. The Morgan fingerprint density at radius 1 is 0.750 bits per heavy atom. The molecule has 6 rings (SSSR count). The van der Waals surface area contributed by atoms with Gasteiger partial charge in [-0.2, -0.15) is 0 Å². The lowest BCUT2D eigenvalue weighted by Crippen LogP contribution is -2.59. The average Bonchev–Trinajstić information content (AvgIpc) is 3.39. The van der Waals surface area contributed by atoms with E-state index in [4.69, 9.17) is 4.74 Å². The molecule has 1 fully saturated rings. The molecule has 0 saturated carbocycles. The molecule has 4 aromatic carbocycles. The van der Waals surface area contributed by atoms with Crippen LogP contribution in [0.4, 0.5) is 0 Å². The van der Waals surface area contributed by atoms with Gasteiger partial charge in [-0.1, -0.05) is 130 Å². The summed E-state index contributed by atoms with van der Waals surface area (Å²) in [6, 6.07) is 38.3. The first-order chi connectivity index (χ1) is 17.4. The summed E-state index contributed by atoms with van der Waals surface area (Å²) in [7, 11) is 0. The highest BCUT2D eigenvalue weighted by Crippen LogP contribution is 2.58. The van der Waals surface area contributed by atoms with Crippen LogP contribution in [-0.4, -0.2) is 28.6 Å². The van der Waals surface area contributed by atoms with E-state index in [1.165, 1.54) is 33.4 Å². The normalized spacial score (nSPS) is 22.8. The molecule has 0 spiro atoms. The van der Waals surface area contributed by atoms with Crippen molar-refractivity contribution in [3.05, 3.63) is 131 Å². The van der Waals surface area contributed by atoms with E-state index < -0.39 is 16.7 Å². The van der Waals surface area contributed by atoms with Crippen molar-refractivity contribution < 1.29 is 9.84 Å². The molecule has 3 nitrogen and oxygen atoms in total. The minimum absolute atomic E-state index is 0.278. The van der Waals surface area contributed by atoms with Crippen LogP contribution >= 0.6 is 0 Å². The van der Waals surface area contributed by atoms with E-state index in [-0.39, 0.29) is 6.04 Å². The maximum Gasteiger partial charge on any atom is 0.188 e. The van der Waals surface area contributed by atoms with Gasteiger partial charge in [0.25, 0.3) is 0 Å². The molecule has 1 aliphatic carbocycles. The lowest BCUT2D eigenvalue weighted by atomic mass is 9.74. The van der Waals surface area contributed by atoms with Crippen LogP contribution in [0.5, 0.6) is 0 Å². The van der Waals surface area contributed by atoms with Gasteiger partial charge in [-0.25, -0.2) is 0 Å². The Morgan fingerprint density at radius 3 is 1.81 bits per heavy atom. The topological polar surface area (TPSA) is 32.7 Å². The molecule has 3 heteroatoms. The molecule has 1 heterocycles. The van der Waals surface area contributed by atoms with Crippen molar-refractivity contribution in [2.45, 2.75) is 44.6 Å². The summed E-state index contributed by atoms with van der Waals surface area (Å²) >= 11 is 0. The van der Waals surface area contributed by atoms with Crippen molar-refractivity contribution in [2.75, 3.05) is 6.73 Å². The molecular formula is C33H33NO2. The number of hydrogen-bond donors (Lipinski definition) is 1. The van der Waals surface area contributed by atoms with Crippen molar-refractivity contribution in [1.82, 2.24) is 4.90 Å². The van der Waals surface area contributed by atoms with Gasteiger partial charge < -0.3 is 9.84 Å². The average molecular weight is 476 g/mol. The Kier molecular flexibility index (Phi) is 5.42. The molecular weight excluding hydrogens is 442 g/mol. The third kappa shape index (κ3) is 3.24. The van der Waals surface area contributed by atoms with E-state index in [1.54, 1.807) is 0 Å². The summed E-state index contributed by atoms with van der Waals surface area (Å²) in [5, 5.41) is 12.3. The highest BCUT2D eigenvalue weighted by molar-refractivity contribution is 5.83. The van der Waals surface area contributed by atoms with Gasteiger partial charge in [-0.3, -0.25) is 4.90 Å². The minimum atomic E-state index is -1.34. The van der Waals surface area contributed by atoms with Crippen LogP contribution < -0.4 is 0 Å². The van der Waals surface area contributed by atoms with Crippen LogP contribution in [0.3, 0.4) is 0 Å². The number of nitrogens with zero attached hydrogens (tertiary/aromatic N) is 1. The summed E-state index contributed by atoms with van der Waals surface area (Å²) < 4.78 is 6.47. The monoisotopic (exact) mass is 475 g/mol. The summed E-state index contributed by atoms with van der Waals surface area (Å²) in [4.78, 5) is 2.42. The Hall–Kier alpha value is -3.24. The number of benzene rings is 4. The lowest BCUT2D eigenvalue weighted by molar-refractivity contribution is -0.240. The number of hydrogen-bond acceptors (Lipinski definition) is 3. The van der Waals surface area contributed by atoms with Crippen LogP contribution in [0, 0.1) is 5.41 Å². The van der Waals surface area contributed by atoms with Crippen LogP contribution in [0.15, 0.2) is 109 Å². The molecule has 0 amide bonds. The molecule has 2 atom stereocenters. The Morgan fingerprint density at radius 2 is 1.25 bits per heavy atom. The molecule has 1 aliphatic heterocycles. The molecule has 0 radical (unpaired) electrons. The van der Waals surface area contributed by atoms with Crippen molar-refractivity contribution in [2.24, 2.45) is 5.41 Å².